The van der Waals surface area contributed by atoms with Gasteiger partial charge in [-0.15, -0.1) is 0 Å². The lowest BCUT2D eigenvalue weighted by molar-refractivity contribution is 0.0919. The van der Waals surface area contributed by atoms with Crippen LogP contribution in [0.5, 0.6) is 5.75 Å². The maximum absolute atomic E-state index is 12.6. The van der Waals surface area contributed by atoms with Crippen LogP contribution in [0.4, 0.5) is 4.39 Å². The number of hydrogen-bond donors (Lipinski definition) is 1. The van der Waals surface area contributed by atoms with Gasteiger partial charge in [0.1, 0.15) is 5.75 Å². The number of aromatic nitrogens is 1. The fraction of sp³-hybridized carbons (Fsp3) is 0.444. The second kappa shape index (κ2) is 6.94. The van der Waals surface area contributed by atoms with Crippen LogP contribution >= 0.6 is 0 Å². The van der Waals surface area contributed by atoms with Crippen molar-refractivity contribution < 1.29 is 13.9 Å². The van der Waals surface area contributed by atoms with Crippen molar-refractivity contribution in [1.82, 2.24) is 10.3 Å². The minimum atomic E-state index is -0.253. The molecule has 2 aromatic rings. The van der Waals surface area contributed by atoms with Crippen molar-refractivity contribution in [3.05, 3.63) is 36.0 Å². The third kappa shape index (κ3) is 3.60. The van der Waals surface area contributed by atoms with Crippen molar-refractivity contribution in [2.75, 3.05) is 13.8 Å². The van der Waals surface area contributed by atoms with Crippen LogP contribution in [0.3, 0.4) is 0 Å². The Morgan fingerprint density at radius 3 is 2.78 bits per heavy atom. The predicted octanol–water partition coefficient (Wildman–Crippen LogP) is 3.50. The van der Waals surface area contributed by atoms with E-state index in [0.29, 0.717) is 5.56 Å². The summed E-state index contributed by atoms with van der Waals surface area (Å²) in [5.41, 5.74) is 1.36. The molecular weight excluding hydrogens is 295 g/mol. The first-order valence-electron chi connectivity index (χ1n) is 8.00. The molecule has 1 aromatic heterocycles. The summed E-state index contributed by atoms with van der Waals surface area (Å²) in [4.78, 5) is 16.7. The Bertz CT molecular complexity index is 696. The topological polar surface area (TPSA) is 51.2 Å². The number of pyridine rings is 1. The second-order valence-corrected chi connectivity index (χ2v) is 6.13. The summed E-state index contributed by atoms with van der Waals surface area (Å²) in [6.07, 6.45) is 4.96. The van der Waals surface area contributed by atoms with Gasteiger partial charge in [-0.25, -0.2) is 0 Å². The molecular formula is C18H21FN2O2. The Morgan fingerprint density at radius 1 is 1.30 bits per heavy atom. The van der Waals surface area contributed by atoms with Crippen molar-refractivity contribution in [2.45, 2.75) is 31.7 Å². The summed E-state index contributed by atoms with van der Waals surface area (Å²) in [6, 6.07) is 7.54. The van der Waals surface area contributed by atoms with E-state index < -0.39 is 0 Å². The first kappa shape index (κ1) is 15.7. The summed E-state index contributed by atoms with van der Waals surface area (Å²) < 4.78 is 17.8. The summed E-state index contributed by atoms with van der Waals surface area (Å²) in [5.74, 6) is 0.783. The quantitative estimate of drug-likeness (QED) is 0.939. The Morgan fingerprint density at radius 2 is 2.09 bits per heavy atom. The lowest BCUT2D eigenvalue weighted by Crippen LogP contribution is -2.37. The summed E-state index contributed by atoms with van der Waals surface area (Å²) in [5, 5.41) is 3.91. The van der Waals surface area contributed by atoms with Crippen LogP contribution in [-0.4, -0.2) is 30.7 Å². The lowest BCUT2D eigenvalue weighted by Gasteiger charge is -2.27. The number of amides is 1. The zero-order valence-electron chi connectivity index (χ0n) is 13.2. The Balaban J connectivity index is 1.70. The zero-order chi connectivity index (χ0) is 16.2. The van der Waals surface area contributed by atoms with Crippen molar-refractivity contribution in [2.24, 2.45) is 5.92 Å². The number of rotatable bonds is 4. The lowest BCUT2D eigenvalue weighted by atomic mass is 9.87. The highest BCUT2D eigenvalue weighted by molar-refractivity contribution is 5.97. The van der Waals surface area contributed by atoms with E-state index in [1.165, 1.54) is 0 Å². The number of hydrogen-bond acceptors (Lipinski definition) is 3. The van der Waals surface area contributed by atoms with Crippen LogP contribution < -0.4 is 10.1 Å². The average molecular weight is 316 g/mol. The molecule has 0 atom stereocenters. The Labute approximate surface area is 135 Å². The van der Waals surface area contributed by atoms with Crippen LogP contribution in [0, 0.1) is 5.92 Å². The van der Waals surface area contributed by atoms with E-state index in [-0.39, 0.29) is 24.5 Å². The van der Waals surface area contributed by atoms with Gasteiger partial charge in [0.05, 0.1) is 24.9 Å². The van der Waals surface area contributed by atoms with Gasteiger partial charge in [0.2, 0.25) is 0 Å². The third-order valence-corrected chi connectivity index (χ3v) is 4.55. The molecule has 0 aliphatic heterocycles. The highest BCUT2D eigenvalue weighted by Gasteiger charge is 2.22. The smallest absolute Gasteiger partial charge is 0.253 e. The Kier molecular flexibility index (Phi) is 4.74. The maximum atomic E-state index is 12.6. The van der Waals surface area contributed by atoms with Crippen LogP contribution in [0.15, 0.2) is 30.5 Å². The Hall–Kier alpha value is -2.17. The molecule has 4 nitrogen and oxygen atoms in total. The van der Waals surface area contributed by atoms with Crippen molar-refractivity contribution in [1.29, 1.82) is 0 Å². The first-order chi connectivity index (χ1) is 11.2. The minimum absolute atomic E-state index is 0.120. The number of fused-ring (bicyclic) bond motifs is 1. The van der Waals surface area contributed by atoms with E-state index >= 15 is 0 Å². The number of carbonyl (C=O) groups is 1. The molecule has 5 heteroatoms. The normalized spacial score (nSPS) is 21.1. The van der Waals surface area contributed by atoms with E-state index in [1.54, 1.807) is 13.3 Å². The minimum Gasteiger partial charge on any atom is -0.497 e. The van der Waals surface area contributed by atoms with E-state index in [4.69, 9.17) is 4.74 Å². The van der Waals surface area contributed by atoms with Crippen LogP contribution in [0.25, 0.3) is 10.9 Å². The van der Waals surface area contributed by atoms with Crippen LogP contribution in [0.1, 0.15) is 36.0 Å². The third-order valence-electron chi connectivity index (χ3n) is 4.55. The molecule has 1 N–H and O–H groups in total. The van der Waals surface area contributed by atoms with E-state index in [0.717, 1.165) is 42.3 Å². The van der Waals surface area contributed by atoms with Gasteiger partial charge in [0, 0.05) is 17.6 Å². The fourth-order valence-corrected chi connectivity index (χ4v) is 3.09. The number of carbonyl (C=O) groups excluding carboxylic acids is 1. The van der Waals surface area contributed by atoms with E-state index in [2.05, 4.69) is 10.3 Å². The highest BCUT2D eigenvalue weighted by atomic mass is 19.1. The molecule has 0 bridgehead atoms. The van der Waals surface area contributed by atoms with Gasteiger partial charge in [0.25, 0.3) is 5.91 Å². The van der Waals surface area contributed by atoms with Gasteiger partial charge in [-0.2, -0.15) is 0 Å². The average Bonchev–Trinajstić information content (AvgIpc) is 2.61. The summed E-state index contributed by atoms with van der Waals surface area (Å²) in [7, 11) is 1.61. The SMILES string of the molecule is COc1ccc2ncc(C(=O)NC3CCC(CF)CC3)cc2c1. The number of nitrogens with zero attached hydrogens (tertiary/aromatic N) is 1. The number of halogens is 1. The monoisotopic (exact) mass is 316 g/mol. The van der Waals surface area contributed by atoms with Gasteiger partial charge in [0.15, 0.2) is 0 Å². The number of benzene rings is 1. The van der Waals surface area contributed by atoms with Gasteiger partial charge in [-0.1, -0.05) is 0 Å². The van der Waals surface area contributed by atoms with E-state index in [1.807, 2.05) is 24.3 Å². The number of nitrogens with one attached hydrogen (secondary N) is 1. The van der Waals surface area contributed by atoms with Crippen molar-refractivity contribution in [3.8, 4) is 5.75 Å². The zero-order valence-corrected chi connectivity index (χ0v) is 13.2. The van der Waals surface area contributed by atoms with Gasteiger partial charge in [-0.3, -0.25) is 14.2 Å². The number of methoxy groups -OCH3 is 1. The summed E-state index contributed by atoms with van der Waals surface area (Å²) >= 11 is 0. The molecule has 1 saturated carbocycles. The maximum Gasteiger partial charge on any atom is 0.253 e. The summed E-state index contributed by atoms with van der Waals surface area (Å²) in [6.45, 7) is -0.253. The van der Waals surface area contributed by atoms with Crippen molar-refractivity contribution in [3.63, 3.8) is 0 Å². The predicted molar refractivity (Wildman–Crippen MR) is 87.5 cm³/mol. The molecule has 1 aliphatic carbocycles. The molecule has 0 saturated heterocycles. The molecule has 1 fully saturated rings. The number of alkyl halides is 1. The molecule has 23 heavy (non-hydrogen) atoms. The number of ether oxygens (including phenoxy) is 1. The second-order valence-electron chi connectivity index (χ2n) is 6.13. The standard InChI is InChI=1S/C18H21FN2O2/c1-23-16-6-7-17-13(9-16)8-14(11-20-17)18(22)21-15-4-2-12(10-19)3-5-15/h6-9,11-12,15H,2-5,10H2,1H3,(H,21,22). The van der Waals surface area contributed by atoms with Crippen LogP contribution in [-0.2, 0) is 0 Å². The molecule has 1 aromatic carbocycles. The molecule has 3 rings (SSSR count). The van der Waals surface area contributed by atoms with Gasteiger partial charge < -0.3 is 10.1 Å². The van der Waals surface area contributed by atoms with Gasteiger partial charge >= 0.3 is 0 Å². The molecule has 1 heterocycles. The molecule has 0 unspecified atom stereocenters. The molecule has 0 spiro atoms. The molecule has 1 amide bonds. The molecule has 1 aliphatic rings. The van der Waals surface area contributed by atoms with Crippen LogP contribution in [0.2, 0.25) is 0 Å². The highest BCUT2D eigenvalue weighted by Crippen LogP contribution is 2.25. The van der Waals surface area contributed by atoms with E-state index in [9.17, 15) is 9.18 Å². The first-order valence-corrected chi connectivity index (χ1v) is 8.00. The van der Waals surface area contributed by atoms with Crippen molar-refractivity contribution >= 4 is 16.8 Å². The molecule has 122 valence electrons. The molecule has 0 radical (unpaired) electrons. The van der Waals surface area contributed by atoms with Gasteiger partial charge in [-0.05, 0) is 55.9 Å². The fourth-order valence-electron chi connectivity index (χ4n) is 3.09. The largest absolute Gasteiger partial charge is 0.497 e.